The van der Waals surface area contributed by atoms with Crippen LogP contribution in [0.4, 0.5) is 0 Å². The van der Waals surface area contributed by atoms with E-state index in [1.807, 2.05) is 0 Å². The van der Waals surface area contributed by atoms with E-state index in [1.54, 1.807) is 0 Å². The van der Waals surface area contributed by atoms with Gasteiger partial charge in [0.05, 0.1) is 12.7 Å². The van der Waals surface area contributed by atoms with Gasteiger partial charge in [-0.3, -0.25) is 0 Å². The summed E-state index contributed by atoms with van der Waals surface area (Å²) in [6, 6.07) is 0.484. The number of nitrogens with two attached hydrogens (primary N) is 1. The summed E-state index contributed by atoms with van der Waals surface area (Å²) >= 11 is 0. The van der Waals surface area contributed by atoms with Crippen LogP contribution in [0.15, 0.2) is 0 Å². The van der Waals surface area contributed by atoms with Crippen molar-refractivity contribution in [3.63, 3.8) is 0 Å². The van der Waals surface area contributed by atoms with E-state index < -0.39 is 0 Å². The number of fused-ring (bicyclic) bond motifs is 1. The third kappa shape index (κ3) is 0.453. The lowest BCUT2D eigenvalue weighted by atomic mass is 9.81. The van der Waals surface area contributed by atoms with Crippen molar-refractivity contribution >= 4 is 0 Å². The van der Waals surface area contributed by atoms with Gasteiger partial charge in [-0.1, -0.05) is 0 Å². The Hall–Kier alpha value is -0.0800. The lowest BCUT2D eigenvalue weighted by Gasteiger charge is -2.39. The summed E-state index contributed by atoms with van der Waals surface area (Å²) in [5.74, 6) is 2.37. The Labute approximate surface area is 60.7 Å². The van der Waals surface area contributed by atoms with Crippen molar-refractivity contribution in [1.29, 1.82) is 0 Å². The van der Waals surface area contributed by atoms with Gasteiger partial charge in [0.25, 0.3) is 0 Å². The van der Waals surface area contributed by atoms with Gasteiger partial charge < -0.3 is 10.5 Å². The molecular weight excluding hydrogens is 126 g/mol. The van der Waals surface area contributed by atoms with Crippen LogP contribution in [-0.2, 0) is 4.74 Å². The maximum atomic E-state index is 6.03. The van der Waals surface area contributed by atoms with Gasteiger partial charge >= 0.3 is 0 Å². The molecule has 0 unspecified atom stereocenters. The predicted octanol–water partition coefficient (Wildman–Crippen LogP) is 0.368. The van der Waals surface area contributed by atoms with E-state index in [1.165, 1.54) is 12.8 Å². The molecule has 0 aromatic heterocycles. The van der Waals surface area contributed by atoms with Crippen molar-refractivity contribution in [2.45, 2.75) is 25.0 Å². The van der Waals surface area contributed by atoms with Crippen LogP contribution in [0.25, 0.3) is 0 Å². The van der Waals surface area contributed by atoms with E-state index in [9.17, 15) is 0 Å². The second-order valence-corrected chi connectivity index (χ2v) is 4.01. The highest BCUT2D eigenvalue weighted by Gasteiger charge is 2.55. The Balaban J connectivity index is 2.01. The highest BCUT2D eigenvalue weighted by molar-refractivity contribution is 5.06. The number of ether oxygens (including phenoxy) is 1. The fraction of sp³-hybridized carbons (Fsp3) is 1.00. The zero-order valence-electron chi connectivity index (χ0n) is 5.99. The van der Waals surface area contributed by atoms with E-state index in [-0.39, 0.29) is 0 Å². The molecule has 0 radical (unpaired) electrons. The summed E-state index contributed by atoms with van der Waals surface area (Å²) in [5.41, 5.74) is 6.03. The Morgan fingerprint density at radius 2 is 2.10 bits per heavy atom. The normalized spacial score (nSPS) is 63.9. The van der Waals surface area contributed by atoms with Crippen LogP contribution in [-0.4, -0.2) is 18.8 Å². The summed E-state index contributed by atoms with van der Waals surface area (Å²) in [6.07, 6.45) is 3.21. The van der Waals surface area contributed by atoms with Gasteiger partial charge in [-0.25, -0.2) is 0 Å². The molecule has 2 heterocycles. The zero-order valence-corrected chi connectivity index (χ0v) is 5.99. The van der Waals surface area contributed by atoms with Gasteiger partial charge in [0.2, 0.25) is 0 Å². The van der Waals surface area contributed by atoms with Gasteiger partial charge in [-0.2, -0.15) is 0 Å². The molecule has 4 aliphatic rings. The van der Waals surface area contributed by atoms with Gasteiger partial charge in [-0.05, 0) is 18.8 Å². The monoisotopic (exact) mass is 139 g/mol. The molecule has 2 aliphatic carbocycles. The van der Waals surface area contributed by atoms with Crippen LogP contribution >= 0.6 is 0 Å². The van der Waals surface area contributed by atoms with Crippen molar-refractivity contribution in [2.24, 2.45) is 23.5 Å². The lowest BCUT2D eigenvalue weighted by molar-refractivity contribution is -0.0799. The summed E-state index contributed by atoms with van der Waals surface area (Å²) in [7, 11) is 0. The second-order valence-electron chi connectivity index (χ2n) is 4.01. The van der Waals surface area contributed by atoms with Crippen molar-refractivity contribution in [1.82, 2.24) is 0 Å². The molecule has 2 heteroatoms. The molecule has 4 rings (SSSR count). The predicted molar refractivity (Wildman–Crippen MR) is 37.4 cm³/mol. The van der Waals surface area contributed by atoms with Crippen molar-refractivity contribution < 1.29 is 4.74 Å². The molecule has 4 bridgehead atoms. The molecule has 0 amide bonds. The smallest absolute Gasteiger partial charge is 0.0621 e. The molecule has 0 aromatic rings. The van der Waals surface area contributed by atoms with Crippen LogP contribution in [0.2, 0.25) is 0 Å². The highest BCUT2D eigenvalue weighted by Crippen LogP contribution is 2.52. The molecular formula is C8H13NO. The average molecular weight is 139 g/mol. The van der Waals surface area contributed by atoms with E-state index >= 15 is 0 Å². The van der Waals surface area contributed by atoms with Crippen LogP contribution in [0, 0.1) is 17.8 Å². The van der Waals surface area contributed by atoms with Crippen LogP contribution in [0.5, 0.6) is 0 Å². The molecule has 0 spiro atoms. The fourth-order valence-electron chi connectivity index (χ4n) is 3.13. The van der Waals surface area contributed by atoms with Gasteiger partial charge in [0, 0.05) is 17.9 Å². The molecule has 4 fully saturated rings. The maximum Gasteiger partial charge on any atom is 0.0621 e. The number of hydrogen-bond acceptors (Lipinski definition) is 2. The summed E-state index contributed by atoms with van der Waals surface area (Å²) < 4.78 is 5.62. The lowest BCUT2D eigenvalue weighted by Crippen LogP contribution is -2.50. The largest absolute Gasteiger partial charge is 0.377 e. The maximum absolute atomic E-state index is 6.03. The van der Waals surface area contributed by atoms with E-state index in [0.29, 0.717) is 12.1 Å². The molecule has 2 N–H and O–H groups in total. The SMILES string of the molecule is N[C@@H]1[C@@H]2CO[C@H]3C[C@@H]2C[C@@H]13. The first-order valence-corrected chi connectivity index (χ1v) is 4.23. The minimum absolute atomic E-state index is 0.484. The molecule has 2 saturated carbocycles. The van der Waals surface area contributed by atoms with Gasteiger partial charge in [-0.15, -0.1) is 0 Å². The second kappa shape index (κ2) is 1.56. The third-order valence-electron chi connectivity index (χ3n) is 3.68. The minimum atomic E-state index is 0.484. The summed E-state index contributed by atoms with van der Waals surface area (Å²) in [5, 5.41) is 0. The quantitative estimate of drug-likeness (QED) is 0.526. The van der Waals surface area contributed by atoms with Crippen molar-refractivity contribution in [3.05, 3.63) is 0 Å². The van der Waals surface area contributed by atoms with E-state index in [2.05, 4.69) is 0 Å². The third-order valence-corrected chi connectivity index (χ3v) is 3.68. The Morgan fingerprint density at radius 3 is 2.60 bits per heavy atom. The molecule has 10 heavy (non-hydrogen) atoms. The first-order chi connectivity index (χ1) is 4.86. The van der Waals surface area contributed by atoms with E-state index in [4.69, 9.17) is 10.5 Å². The fourth-order valence-corrected chi connectivity index (χ4v) is 3.13. The Morgan fingerprint density at radius 1 is 1.20 bits per heavy atom. The Kier molecular flexibility index (Phi) is 0.868. The molecule has 56 valence electrons. The number of hydrogen-bond donors (Lipinski definition) is 1. The van der Waals surface area contributed by atoms with Crippen molar-refractivity contribution in [3.8, 4) is 0 Å². The first-order valence-electron chi connectivity index (χ1n) is 4.23. The molecule has 2 saturated heterocycles. The number of rotatable bonds is 0. The standard InChI is InChI=1S/C8H13NO/c9-8-5-1-4-2-7(5)10-3-6(4)8/h4-8H,1-3,9H2/t4-,5+,6+,7-,8-/m0/s1. The minimum Gasteiger partial charge on any atom is -0.377 e. The zero-order chi connectivity index (χ0) is 6.72. The topological polar surface area (TPSA) is 35.2 Å². The van der Waals surface area contributed by atoms with Crippen LogP contribution in [0.1, 0.15) is 12.8 Å². The average Bonchev–Trinajstić information content (AvgIpc) is 2.41. The van der Waals surface area contributed by atoms with Crippen LogP contribution in [0.3, 0.4) is 0 Å². The van der Waals surface area contributed by atoms with Gasteiger partial charge in [0.15, 0.2) is 0 Å². The first kappa shape index (κ1) is 5.56. The van der Waals surface area contributed by atoms with Gasteiger partial charge in [0.1, 0.15) is 0 Å². The Bertz CT molecular complexity index is 161. The van der Waals surface area contributed by atoms with Crippen LogP contribution < -0.4 is 5.73 Å². The summed E-state index contributed by atoms with van der Waals surface area (Å²) in [4.78, 5) is 0. The highest BCUT2D eigenvalue weighted by atomic mass is 16.5. The molecule has 5 atom stereocenters. The van der Waals surface area contributed by atoms with Crippen molar-refractivity contribution in [2.75, 3.05) is 6.61 Å². The van der Waals surface area contributed by atoms with E-state index in [0.717, 1.165) is 24.4 Å². The molecule has 2 aliphatic heterocycles. The molecule has 2 nitrogen and oxygen atoms in total. The molecule has 0 aromatic carbocycles. The summed E-state index contributed by atoms with van der Waals surface area (Å²) in [6.45, 7) is 0.951.